The maximum atomic E-state index is 11.8. The van der Waals surface area contributed by atoms with Crippen molar-refractivity contribution in [3.05, 3.63) is 63.2 Å². The van der Waals surface area contributed by atoms with Gasteiger partial charge in [0.05, 0.1) is 15.5 Å². The molecule has 0 fully saturated rings. The first-order valence-corrected chi connectivity index (χ1v) is 9.02. The highest BCUT2D eigenvalue weighted by Gasteiger charge is 2.18. The summed E-state index contributed by atoms with van der Waals surface area (Å²) in [4.78, 5) is 10.1. The first kappa shape index (κ1) is 17.2. The Morgan fingerprint density at radius 1 is 1.22 bits per heavy atom. The number of nitro benzene ring substituents is 1. The van der Waals surface area contributed by atoms with Crippen molar-refractivity contribution >= 4 is 32.8 Å². The third-order valence-electron chi connectivity index (χ3n) is 3.24. The topological polar surface area (TPSA) is 89.3 Å². The van der Waals surface area contributed by atoms with Crippen LogP contribution in [0.2, 0.25) is 5.02 Å². The van der Waals surface area contributed by atoms with Crippen LogP contribution >= 0.6 is 11.6 Å². The molecule has 0 atom stereocenters. The van der Waals surface area contributed by atoms with Gasteiger partial charge in [0.15, 0.2) is 9.84 Å². The molecule has 2 aromatic rings. The molecule has 23 heavy (non-hydrogen) atoms. The summed E-state index contributed by atoms with van der Waals surface area (Å²) in [6.45, 7) is 0.448. The predicted octanol–water partition coefficient (Wildman–Crippen LogP) is 3.31. The van der Waals surface area contributed by atoms with Gasteiger partial charge in [0, 0.05) is 30.0 Å². The molecule has 0 aliphatic rings. The van der Waals surface area contributed by atoms with Crippen LogP contribution in [0.5, 0.6) is 0 Å². The Bertz CT molecular complexity index is 837. The van der Waals surface area contributed by atoms with Crippen LogP contribution in [0.25, 0.3) is 0 Å². The molecule has 0 unspecified atom stereocenters. The third kappa shape index (κ3) is 4.43. The quantitative estimate of drug-likeness (QED) is 0.635. The van der Waals surface area contributed by atoms with Gasteiger partial charge >= 0.3 is 0 Å². The van der Waals surface area contributed by atoms with Crippen LogP contribution in [-0.4, -0.2) is 26.1 Å². The van der Waals surface area contributed by atoms with Gasteiger partial charge in [-0.05, 0) is 24.1 Å². The van der Waals surface area contributed by atoms with Crippen LogP contribution in [0.4, 0.5) is 11.4 Å². The zero-order chi connectivity index (χ0) is 17.0. The molecule has 0 radical (unpaired) electrons. The molecule has 0 spiro atoms. The number of non-ortho nitro benzene ring substituents is 1. The number of rotatable bonds is 6. The number of halogens is 1. The molecule has 2 aromatic carbocycles. The van der Waals surface area contributed by atoms with Gasteiger partial charge in [-0.15, -0.1) is 0 Å². The molecule has 0 bridgehead atoms. The van der Waals surface area contributed by atoms with Crippen LogP contribution in [0.3, 0.4) is 0 Å². The SMILES string of the molecule is CS(=O)(=O)c1cc([N+](=O)[O-])ccc1NCCc1ccccc1Cl. The fourth-order valence-corrected chi connectivity index (χ4v) is 3.22. The molecule has 0 saturated carbocycles. The zero-order valence-electron chi connectivity index (χ0n) is 12.3. The lowest BCUT2D eigenvalue weighted by atomic mass is 10.1. The van der Waals surface area contributed by atoms with E-state index in [9.17, 15) is 18.5 Å². The van der Waals surface area contributed by atoms with Gasteiger partial charge in [-0.1, -0.05) is 29.8 Å². The van der Waals surface area contributed by atoms with Gasteiger partial charge in [0.1, 0.15) is 0 Å². The average Bonchev–Trinajstić information content (AvgIpc) is 2.48. The second-order valence-electron chi connectivity index (χ2n) is 4.98. The van der Waals surface area contributed by atoms with E-state index in [1.54, 1.807) is 6.07 Å². The summed E-state index contributed by atoms with van der Waals surface area (Å²) in [6.07, 6.45) is 1.62. The van der Waals surface area contributed by atoms with E-state index in [4.69, 9.17) is 11.6 Å². The number of sulfone groups is 1. The second-order valence-corrected chi connectivity index (χ2v) is 7.37. The summed E-state index contributed by atoms with van der Waals surface area (Å²) < 4.78 is 23.7. The van der Waals surface area contributed by atoms with Crippen LogP contribution in [0.1, 0.15) is 5.56 Å². The van der Waals surface area contributed by atoms with E-state index < -0.39 is 14.8 Å². The molecule has 0 amide bonds. The molecular weight excluding hydrogens is 340 g/mol. The maximum Gasteiger partial charge on any atom is 0.270 e. The molecule has 0 saturated heterocycles. The summed E-state index contributed by atoms with van der Waals surface area (Å²) in [6, 6.07) is 11.1. The van der Waals surface area contributed by atoms with Crippen molar-refractivity contribution < 1.29 is 13.3 Å². The normalized spacial score (nSPS) is 11.2. The van der Waals surface area contributed by atoms with E-state index in [-0.39, 0.29) is 10.6 Å². The van der Waals surface area contributed by atoms with Gasteiger partial charge in [-0.3, -0.25) is 10.1 Å². The summed E-state index contributed by atoms with van der Waals surface area (Å²) in [5, 5.41) is 14.4. The minimum atomic E-state index is -3.59. The Balaban J connectivity index is 2.19. The molecule has 0 aromatic heterocycles. The van der Waals surface area contributed by atoms with Crippen molar-refractivity contribution in [3.63, 3.8) is 0 Å². The molecule has 122 valence electrons. The number of anilines is 1. The Labute approximate surface area is 139 Å². The number of hydrogen-bond acceptors (Lipinski definition) is 5. The largest absolute Gasteiger partial charge is 0.384 e. The van der Waals surface area contributed by atoms with Crippen LogP contribution in [-0.2, 0) is 16.3 Å². The number of benzene rings is 2. The Morgan fingerprint density at radius 2 is 1.91 bits per heavy atom. The van der Waals surface area contributed by atoms with Crippen molar-refractivity contribution in [2.75, 3.05) is 18.1 Å². The minimum absolute atomic E-state index is 0.0918. The summed E-state index contributed by atoms with van der Waals surface area (Å²) in [5.74, 6) is 0. The van der Waals surface area contributed by atoms with Crippen LogP contribution < -0.4 is 5.32 Å². The minimum Gasteiger partial charge on any atom is -0.384 e. The van der Waals surface area contributed by atoms with E-state index in [0.29, 0.717) is 23.7 Å². The zero-order valence-corrected chi connectivity index (χ0v) is 13.9. The molecule has 0 aliphatic carbocycles. The van der Waals surface area contributed by atoms with Gasteiger partial charge < -0.3 is 5.32 Å². The fraction of sp³-hybridized carbons (Fsp3) is 0.200. The fourth-order valence-electron chi connectivity index (χ4n) is 2.11. The van der Waals surface area contributed by atoms with Crippen molar-refractivity contribution in [2.24, 2.45) is 0 Å². The second kappa shape index (κ2) is 6.97. The number of hydrogen-bond donors (Lipinski definition) is 1. The van der Waals surface area contributed by atoms with E-state index >= 15 is 0 Å². The van der Waals surface area contributed by atoms with Gasteiger partial charge in [0.25, 0.3) is 5.69 Å². The molecule has 0 aliphatic heterocycles. The highest BCUT2D eigenvalue weighted by atomic mass is 35.5. The molecule has 8 heteroatoms. The van der Waals surface area contributed by atoms with Crippen LogP contribution in [0, 0.1) is 10.1 Å². The number of nitrogens with one attached hydrogen (secondary N) is 1. The van der Waals surface area contributed by atoms with Crippen molar-refractivity contribution in [2.45, 2.75) is 11.3 Å². The lowest BCUT2D eigenvalue weighted by Crippen LogP contribution is -2.10. The van der Waals surface area contributed by atoms with Crippen molar-refractivity contribution in [1.29, 1.82) is 0 Å². The van der Waals surface area contributed by atoms with Crippen LogP contribution in [0.15, 0.2) is 47.4 Å². The highest BCUT2D eigenvalue weighted by Crippen LogP contribution is 2.26. The van der Waals surface area contributed by atoms with Gasteiger partial charge in [-0.25, -0.2) is 8.42 Å². The van der Waals surface area contributed by atoms with E-state index in [2.05, 4.69) is 5.32 Å². The lowest BCUT2D eigenvalue weighted by Gasteiger charge is -2.11. The molecule has 0 heterocycles. The van der Waals surface area contributed by atoms with E-state index in [1.807, 2.05) is 18.2 Å². The van der Waals surface area contributed by atoms with E-state index in [0.717, 1.165) is 17.9 Å². The standard InChI is InChI=1S/C15H15ClN2O4S/c1-23(21,22)15-10-12(18(19)20)6-7-14(15)17-9-8-11-4-2-3-5-13(11)16/h2-7,10,17H,8-9H2,1H3. The number of nitrogens with zero attached hydrogens (tertiary/aromatic N) is 1. The third-order valence-corrected chi connectivity index (χ3v) is 4.75. The van der Waals surface area contributed by atoms with Crippen molar-refractivity contribution in [1.82, 2.24) is 0 Å². The first-order chi connectivity index (χ1) is 10.8. The van der Waals surface area contributed by atoms with Gasteiger partial charge in [0.2, 0.25) is 0 Å². The van der Waals surface area contributed by atoms with Gasteiger partial charge in [-0.2, -0.15) is 0 Å². The smallest absolute Gasteiger partial charge is 0.270 e. The average molecular weight is 355 g/mol. The Morgan fingerprint density at radius 3 is 2.52 bits per heavy atom. The highest BCUT2D eigenvalue weighted by molar-refractivity contribution is 7.90. The molecular formula is C15H15ClN2O4S. The predicted molar refractivity (Wildman–Crippen MR) is 89.9 cm³/mol. The molecule has 2 rings (SSSR count). The Kier molecular flexibility index (Phi) is 5.23. The molecule has 6 nitrogen and oxygen atoms in total. The lowest BCUT2D eigenvalue weighted by molar-refractivity contribution is -0.385. The monoisotopic (exact) mass is 354 g/mol. The maximum absolute atomic E-state index is 11.8. The summed E-state index contributed by atoms with van der Waals surface area (Å²) >= 11 is 6.07. The van der Waals surface area contributed by atoms with Crippen molar-refractivity contribution in [3.8, 4) is 0 Å². The summed E-state index contributed by atoms with van der Waals surface area (Å²) in [5.41, 5.74) is 1.01. The van der Waals surface area contributed by atoms with E-state index in [1.165, 1.54) is 12.1 Å². The number of nitro groups is 1. The molecule has 1 N–H and O–H groups in total. The summed E-state index contributed by atoms with van der Waals surface area (Å²) in [7, 11) is -3.59. The Hall–Kier alpha value is -2.12. The first-order valence-electron chi connectivity index (χ1n) is 6.75.